The Morgan fingerprint density at radius 1 is 1.24 bits per heavy atom. The molecule has 0 unspecified atom stereocenters. The fourth-order valence-electron chi connectivity index (χ4n) is 2.79. The van der Waals surface area contributed by atoms with Crippen molar-refractivity contribution in [2.75, 3.05) is 19.3 Å². The van der Waals surface area contributed by atoms with E-state index in [0.717, 1.165) is 19.3 Å². The van der Waals surface area contributed by atoms with Gasteiger partial charge in [-0.1, -0.05) is 26.8 Å². The standard InChI is InChI=1S/C16H26N2O2S/c1-16(2,3)15-10-14(11-17-12-15)9-13-5-7-18(8-6-13)21(4,19)20/h10-13H,5-9H2,1-4H3. The van der Waals surface area contributed by atoms with Crippen molar-refractivity contribution in [3.63, 3.8) is 0 Å². The highest BCUT2D eigenvalue weighted by atomic mass is 32.2. The first-order chi connectivity index (χ1) is 9.66. The highest BCUT2D eigenvalue weighted by Gasteiger charge is 2.25. The number of pyridine rings is 1. The molecule has 0 amide bonds. The van der Waals surface area contributed by atoms with Crippen LogP contribution in [0.3, 0.4) is 0 Å². The lowest BCUT2D eigenvalue weighted by Crippen LogP contribution is -2.38. The molecule has 0 atom stereocenters. The molecule has 0 radical (unpaired) electrons. The molecule has 1 saturated heterocycles. The van der Waals surface area contributed by atoms with Gasteiger partial charge >= 0.3 is 0 Å². The molecule has 1 fully saturated rings. The summed E-state index contributed by atoms with van der Waals surface area (Å²) in [5, 5.41) is 0. The molecule has 0 spiro atoms. The van der Waals surface area contributed by atoms with Crippen molar-refractivity contribution >= 4 is 10.0 Å². The number of aromatic nitrogens is 1. The van der Waals surface area contributed by atoms with Crippen LogP contribution in [0.2, 0.25) is 0 Å². The Balaban J connectivity index is 1.98. The van der Waals surface area contributed by atoms with Gasteiger partial charge in [-0.15, -0.1) is 0 Å². The third-order valence-corrected chi connectivity index (χ3v) is 5.53. The van der Waals surface area contributed by atoms with Gasteiger partial charge in [0.25, 0.3) is 0 Å². The van der Waals surface area contributed by atoms with E-state index < -0.39 is 10.0 Å². The van der Waals surface area contributed by atoms with Gasteiger partial charge in [0, 0.05) is 25.5 Å². The smallest absolute Gasteiger partial charge is 0.211 e. The Hall–Kier alpha value is -0.940. The lowest BCUT2D eigenvalue weighted by atomic mass is 9.85. The van der Waals surface area contributed by atoms with Crippen LogP contribution in [0.5, 0.6) is 0 Å². The van der Waals surface area contributed by atoms with Crippen LogP contribution in [0.25, 0.3) is 0 Å². The average Bonchev–Trinajstić information content (AvgIpc) is 2.37. The van der Waals surface area contributed by atoms with Gasteiger partial charge in [0.15, 0.2) is 0 Å². The van der Waals surface area contributed by atoms with Crippen LogP contribution < -0.4 is 0 Å². The zero-order valence-electron chi connectivity index (χ0n) is 13.5. The zero-order valence-corrected chi connectivity index (χ0v) is 14.3. The maximum absolute atomic E-state index is 11.5. The van der Waals surface area contributed by atoms with Crippen LogP contribution in [0.1, 0.15) is 44.7 Å². The van der Waals surface area contributed by atoms with E-state index in [9.17, 15) is 8.42 Å². The average molecular weight is 310 g/mol. The Morgan fingerprint density at radius 3 is 2.38 bits per heavy atom. The summed E-state index contributed by atoms with van der Waals surface area (Å²) in [6.07, 6.45) is 8.05. The van der Waals surface area contributed by atoms with Crippen LogP contribution in [-0.2, 0) is 21.9 Å². The first-order valence-electron chi connectivity index (χ1n) is 7.56. The van der Waals surface area contributed by atoms with Crippen LogP contribution in [-0.4, -0.2) is 37.1 Å². The van der Waals surface area contributed by atoms with E-state index in [1.807, 2.05) is 12.4 Å². The normalized spacial score (nSPS) is 18.9. The summed E-state index contributed by atoms with van der Waals surface area (Å²) in [5.41, 5.74) is 2.64. The van der Waals surface area contributed by atoms with Crippen molar-refractivity contribution in [3.8, 4) is 0 Å². The number of hydrogen-bond acceptors (Lipinski definition) is 3. The molecule has 5 heteroatoms. The minimum Gasteiger partial charge on any atom is -0.264 e. The van der Waals surface area contributed by atoms with Gasteiger partial charge in [-0.3, -0.25) is 4.98 Å². The summed E-state index contributed by atoms with van der Waals surface area (Å²) in [6.45, 7) is 7.88. The van der Waals surface area contributed by atoms with Gasteiger partial charge < -0.3 is 0 Å². The minimum atomic E-state index is -3.03. The van der Waals surface area contributed by atoms with Gasteiger partial charge in [-0.25, -0.2) is 12.7 Å². The molecule has 2 heterocycles. The maximum atomic E-state index is 11.5. The third kappa shape index (κ3) is 4.51. The van der Waals surface area contributed by atoms with Gasteiger partial charge in [-0.05, 0) is 41.7 Å². The SMILES string of the molecule is CC(C)(C)c1cncc(CC2CCN(S(C)(=O)=O)CC2)c1. The molecular formula is C16H26N2O2S. The van der Waals surface area contributed by atoms with E-state index in [1.54, 1.807) is 4.31 Å². The van der Waals surface area contributed by atoms with Crippen molar-refractivity contribution in [1.82, 2.24) is 9.29 Å². The number of rotatable bonds is 3. The number of hydrogen-bond donors (Lipinski definition) is 0. The molecule has 0 aliphatic carbocycles. The van der Waals surface area contributed by atoms with Crippen molar-refractivity contribution < 1.29 is 8.42 Å². The van der Waals surface area contributed by atoms with E-state index in [4.69, 9.17) is 0 Å². The molecule has 1 aliphatic heterocycles. The highest BCUT2D eigenvalue weighted by molar-refractivity contribution is 7.88. The monoisotopic (exact) mass is 310 g/mol. The predicted octanol–water partition coefficient (Wildman–Crippen LogP) is 2.59. The molecular weight excluding hydrogens is 284 g/mol. The van der Waals surface area contributed by atoms with Crippen LogP contribution in [0.15, 0.2) is 18.5 Å². The van der Waals surface area contributed by atoms with Crippen molar-refractivity contribution in [1.29, 1.82) is 0 Å². The van der Waals surface area contributed by atoms with E-state index in [1.165, 1.54) is 17.4 Å². The summed E-state index contributed by atoms with van der Waals surface area (Å²) >= 11 is 0. The van der Waals surface area contributed by atoms with E-state index >= 15 is 0 Å². The van der Waals surface area contributed by atoms with Crippen LogP contribution in [0, 0.1) is 5.92 Å². The zero-order chi connectivity index (χ0) is 15.7. The summed E-state index contributed by atoms with van der Waals surface area (Å²) in [6, 6.07) is 2.25. The second kappa shape index (κ2) is 6.05. The molecule has 118 valence electrons. The van der Waals surface area contributed by atoms with Gasteiger partial charge in [0.2, 0.25) is 10.0 Å². The van der Waals surface area contributed by atoms with E-state index in [2.05, 4.69) is 31.8 Å². The summed E-state index contributed by atoms with van der Waals surface area (Å²) in [7, 11) is -3.03. The molecule has 21 heavy (non-hydrogen) atoms. The Bertz CT molecular complexity index is 583. The van der Waals surface area contributed by atoms with Crippen molar-refractivity contribution in [2.24, 2.45) is 5.92 Å². The molecule has 0 N–H and O–H groups in total. The van der Waals surface area contributed by atoms with Crippen molar-refractivity contribution in [2.45, 2.75) is 45.4 Å². The molecule has 0 aromatic carbocycles. The fraction of sp³-hybridized carbons (Fsp3) is 0.688. The lowest BCUT2D eigenvalue weighted by Gasteiger charge is -2.30. The quantitative estimate of drug-likeness (QED) is 0.862. The van der Waals surface area contributed by atoms with E-state index in [-0.39, 0.29) is 5.41 Å². The Morgan fingerprint density at radius 2 is 1.86 bits per heavy atom. The molecule has 1 aromatic heterocycles. The molecule has 1 aliphatic rings. The summed E-state index contributed by atoms with van der Waals surface area (Å²) in [5.74, 6) is 0.556. The predicted molar refractivity (Wildman–Crippen MR) is 85.8 cm³/mol. The summed E-state index contributed by atoms with van der Waals surface area (Å²) < 4.78 is 24.6. The molecule has 2 rings (SSSR count). The number of nitrogens with zero attached hydrogens (tertiary/aromatic N) is 2. The second-order valence-corrected chi connectivity index (χ2v) is 9.12. The largest absolute Gasteiger partial charge is 0.264 e. The molecule has 1 aromatic rings. The van der Waals surface area contributed by atoms with Gasteiger partial charge in [0.1, 0.15) is 0 Å². The topological polar surface area (TPSA) is 50.3 Å². The Kier molecular flexibility index (Phi) is 4.73. The molecule has 0 bridgehead atoms. The third-order valence-electron chi connectivity index (χ3n) is 4.23. The van der Waals surface area contributed by atoms with Crippen LogP contribution in [0.4, 0.5) is 0 Å². The minimum absolute atomic E-state index is 0.114. The maximum Gasteiger partial charge on any atom is 0.211 e. The number of sulfonamides is 1. The Labute approximate surface area is 128 Å². The second-order valence-electron chi connectivity index (χ2n) is 7.14. The first-order valence-corrected chi connectivity index (χ1v) is 9.40. The van der Waals surface area contributed by atoms with Gasteiger partial charge in [-0.2, -0.15) is 0 Å². The molecule has 4 nitrogen and oxygen atoms in total. The fourth-order valence-corrected chi connectivity index (χ4v) is 3.66. The van der Waals surface area contributed by atoms with Crippen molar-refractivity contribution in [3.05, 3.63) is 29.6 Å². The number of piperidine rings is 1. The molecule has 0 saturated carbocycles. The highest BCUT2D eigenvalue weighted by Crippen LogP contribution is 2.26. The lowest BCUT2D eigenvalue weighted by molar-refractivity contribution is 0.274. The first kappa shape index (κ1) is 16.4. The van der Waals surface area contributed by atoms with Gasteiger partial charge in [0.05, 0.1) is 6.26 Å². The summed E-state index contributed by atoms with van der Waals surface area (Å²) in [4.78, 5) is 4.36. The van der Waals surface area contributed by atoms with E-state index in [0.29, 0.717) is 19.0 Å². The van der Waals surface area contributed by atoms with Crippen LogP contribution >= 0.6 is 0 Å².